The fourth-order valence-corrected chi connectivity index (χ4v) is 13.7. The van der Waals surface area contributed by atoms with E-state index in [4.69, 9.17) is 23.7 Å². The molecule has 10 nitrogen and oxygen atoms in total. The van der Waals surface area contributed by atoms with Crippen molar-refractivity contribution < 1.29 is 28.5 Å². The molecular weight excluding hydrogens is 1250 g/mol. The highest BCUT2D eigenvalue weighted by atomic mass is 35.5. The number of carbonyl (C=O) groups excluding carboxylic acids is 2. The van der Waals surface area contributed by atoms with E-state index < -0.39 is 4.70 Å². The highest BCUT2D eigenvalue weighted by Crippen LogP contribution is 2.37. The number of hydrogen-bond acceptors (Lipinski definition) is 12. The first-order valence-electron chi connectivity index (χ1n) is 30.2. The minimum Gasteiger partial charge on any atom is -0.484 e. The molecule has 0 saturated heterocycles. The smallest absolute Gasteiger partial charge is 0.319 e. The van der Waals surface area contributed by atoms with E-state index in [0.29, 0.717) is 25.9 Å². The van der Waals surface area contributed by atoms with Gasteiger partial charge < -0.3 is 39.0 Å². The summed E-state index contributed by atoms with van der Waals surface area (Å²) in [4.78, 5) is 33.1. The Morgan fingerprint density at radius 1 is 0.374 bits per heavy atom. The minimum atomic E-state index is -0.889. The molecule has 4 aromatic heterocycles. The maximum atomic E-state index is 13.5. The highest BCUT2D eigenvalue weighted by molar-refractivity contribution is 7.10. The quantitative estimate of drug-likeness (QED) is 0.0598. The van der Waals surface area contributed by atoms with Crippen molar-refractivity contribution in [3.8, 4) is 23.0 Å². The second-order valence-corrected chi connectivity index (χ2v) is 26.6. The standard InChI is InChI=1S/C37H36N2O3S2.C19H21NOS.C18H19NOS.CCl2O/c1-38(23-21-33(35-19-9-25-43-35)41-31-17-7-13-27-11-3-5-15-29(27)31)37(40)39(2)24-22-34(36-20-10-26-44-36)42-32-18-8-14-28-12-4-6-16-30(28)32;1-20(2)13-12-18(19-11-6-14-22-19)21-17-10-5-8-15-7-3-4-9-16(15)17;1-19-12-11-17(18-10-5-13-21-18)20-16-9-4-7-14-6-2-3-8-15(14)16;2-1(3)4/h3-20,25-26,33-34H,21-24H2,1-2H3;3-11,14,18H,12-13H2,1-2H3;2-10,13,17,19H,11-12H2,1H3;/t33-,34+;18-;17-;/m.00./s1. The number of urea groups is 1. The van der Waals surface area contributed by atoms with Crippen LogP contribution in [0.25, 0.3) is 43.1 Å². The summed E-state index contributed by atoms with van der Waals surface area (Å²) >= 11 is 15.7. The first-order chi connectivity index (χ1) is 44.4. The van der Waals surface area contributed by atoms with Crippen molar-refractivity contribution in [2.24, 2.45) is 0 Å². The van der Waals surface area contributed by atoms with Gasteiger partial charge >= 0.3 is 10.7 Å². The van der Waals surface area contributed by atoms with Crippen molar-refractivity contribution >= 4 is 122 Å². The summed E-state index contributed by atoms with van der Waals surface area (Å²) in [6, 6.07) is 74.8. The summed E-state index contributed by atoms with van der Waals surface area (Å²) in [5.41, 5.74) is 0. The molecule has 12 aromatic rings. The molecule has 0 aliphatic heterocycles. The molecule has 0 aliphatic carbocycles. The Kier molecular flexibility index (Phi) is 26.1. The average Bonchev–Trinajstić information content (AvgIpc) is 2.31. The van der Waals surface area contributed by atoms with Gasteiger partial charge in [-0.25, -0.2) is 4.79 Å². The molecule has 0 fully saturated rings. The molecule has 0 saturated carbocycles. The number of carbonyl (C=O) groups is 2. The molecule has 16 heteroatoms. The van der Waals surface area contributed by atoms with E-state index in [0.717, 1.165) is 80.2 Å². The van der Waals surface area contributed by atoms with Crippen LogP contribution >= 0.6 is 68.5 Å². The maximum Gasteiger partial charge on any atom is 0.319 e. The van der Waals surface area contributed by atoms with Crippen LogP contribution in [0.2, 0.25) is 0 Å². The summed E-state index contributed by atoms with van der Waals surface area (Å²) in [7, 11) is 9.91. The third-order valence-corrected chi connectivity index (χ3v) is 19.0. The first-order valence-corrected chi connectivity index (χ1v) is 34.5. The van der Waals surface area contributed by atoms with Crippen LogP contribution in [0.4, 0.5) is 9.59 Å². The van der Waals surface area contributed by atoms with Crippen LogP contribution in [0, 0.1) is 0 Å². The lowest BCUT2D eigenvalue weighted by molar-refractivity contribution is 0.144. The van der Waals surface area contributed by atoms with Crippen LogP contribution in [0.1, 0.15) is 69.6 Å². The SMILES string of the molecule is CN(C)CC[C@H](Oc1cccc2ccccc12)c1cccs1.CN(CC[C@H](Oc1cccc2ccccc12)c1cccs1)C(=O)N(C)CC[C@@H](Oc1cccc2ccccc12)c1cccs1.CNCC[C@H](Oc1cccc2ccccc12)c1cccs1.O=C(Cl)Cl. The van der Waals surface area contributed by atoms with E-state index in [1.807, 2.05) is 81.8 Å². The lowest BCUT2D eigenvalue weighted by Gasteiger charge is -2.28. The van der Waals surface area contributed by atoms with Gasteiger partial charge in [-0.05, 0) is 142 Å². The number of amides is 2. The van der Waals surface area contributed by atoms with Gasteiger partial charge in [0.25, 0.3) is 0 Å². The Labute approximate surface area is 560 Å². The van der Waals surface area contributed by atoms with Crippen LogP contribution in [0.5, 0.6) is 23.0 Å². The van der Waals surface area contributed by atoms with Gasteiger partial charge in [-0.2, -0.15) is 0 Å². The molecule has 1 N–H and O–H groups in total. The van der Waals surface area contributed by atoms with Gasteiger partial charge in [0.15, 0.2) is 0 Å². The van der Waals surface area contributed by atoms with E-state index in [1.54, 1.807) is 55.1 Å². The number of benzene rings is 8. The fourth-order valence-electron chi connectivity index (χ4n) is 10.5. The zero-order valence-corrected chi connectivity index (χ0v) is 56.5. The van der Waals surface area contributed by atoms with E-state index in [9.17, 15) is 4.79 Å². The van der Waals surface area contributed by atoms with Crippen molar-refractivity contribution in [2.45, 2.75) is 50.1 Å². The topological polar surface area (TPSA) is 92.8 Å². The zero-order chi connectivity index (χ0) is 63.7. The number of nitrogens with one attached hydrogen (secondary N) is 1. The molecule has 4 heterocycles. The second kappa shape index (κ2) is 35.2. The van der Waals surface area contributed by atoms with Gasteiger partial charge in [-0.15, -0.1) is 45.3 Å². The monoisotopic (exact) mass is 1330 g/mol. The molecule has 470 valence electrons. The molecule has 91 heavy (non-hydrogen) atoms. The average molecular weight is 1330 g/mol. The van der Waals surface area contributed by atoms with Crippen LogP contribution < -0.4 is 24.3 Å². The van der Waals surface area contributed by atoms with Crippen LogP contribution in [-0.2, 0) is 0 Å². The van der Waals surface area contributed by atoms with Gasteiger partial charge in [0, 0.05) is 100 Å². The lowest BCUT2D eigenvalue weighted by atomic mass is 10.1. The van der Waals surface area contributed by atoms with Crippen molar-refractivity contribution in [2.75, 3.05) is 61.4 Å². The molecule has 0 radical (unpaired) electrons. The van der Waals surface area contributed by atoms with Crippen molar-refractivity contribution in [1.82, 2.24) is 20.0 Å². The van der Waals surface area contributed by atoms with E-state index in [-0.39, 0.29) is 30.4 Å². The number of halogens is 2. The highest BCUT2D eigenvalue weighted by Gasteiger charge is 2.24. The number of fused-ring (bicyclic) bond motifs is 4. The Bertz CT molecular complexity index is 3960. The summed E-state index contributed by atoms with van der Waals surface area (Å²) in [5, 5.41) is 20.8. The molecule has 2 amide bonds. The van der Waals surface area contributed by atoms with Gasteiger partial charge in [-0.1, -0.05) is 170 Å². The molecule has 12 rings (SSSR count). The number of nitrogens with zero attached hydrogens (tertiary/aromatic N) is 3. The Morgan fingerprint density at radius 2 is 0.637 bits per heavy atom. The van der Waals surface area contributed by atoms with Gasteiger partial charge in [0.2, 0.25) is 0 Å². The molecule has 0 unspecified atom stereocenters. The summed E-state index contributed by atoms with van der Waals surface area (Å²) in [6.07, 6.45) is 3.20. The summed E-state index contributed by atoms with van der Waals surface area (Å²) in [5.74, 6) is 3.65. The molecule has 0 aliphatic rings. The molecule has 0 spiro atoms. The summed E-state index contributed by atoms with van der Waals surface area (Å²) in [6.45, 7) is 3.08. The third kappa shape index (κ3) is 19.9. The molecular formula is C75H76Cl2N4O6S4. The van der Waals surface area contributed by atoms with Crippen molar-refractivity contribution in [3.05, 3.63) is 259 Å². The van der Waals surface area contributed by atoms with Crippen LogP contribution in [-0.4, -0.2) is 86.8 Å². The van der Waals surface area contributed by atoms with Crippen LogP contribution in [0.3, 0.4) is 0 Å². The van der Waals surface area contributed by atoms with E-state index in [2.05, 4.69) is 227 Å². The maximum absolute atomic E-state index is 13.5. The normalized spacial score (nSPS) is 12.3. The van der Waals surface area contributed by atoms with Crippen molar-refractivity contribution in [3.63, 3.8) is 0 Å². The van der Waals surface area contributed by atoms with Crippen molar-refractivity contribution in [1.29, 1.82) is 0 Å². The fraction of sp³-hybridized carbons (Fsp3) is 0.227. The van der Waals surface area contributed by atoms with E-state index >= 15 is 0 Å². The predicted octanol–water partition coefficient (Wildman–Crippen LogP) is 21.0. The van der Waals surface area contributed by atoms with Gasteiger partial charge in [0.1, 0.15) is 47.4 Å². The number of rotatable bonds is 24. The predicted molar refractivity (Wildman–Crippen MR) is 385 cm³/mol. The zero-order valence-electron chi connectivity index (χ0n) is 51.7. The largest absolute Gasteiger partial charge is 0.484 e. The Hall–Kier alpha value is -7.76. The number of ether oxygens (including phenoxy) is 4. The lowest BCUT2D eigenvalue weighted by Crippen LogP contribution is -2.40. The molecule has 4 atom stereocenters. The summed E-state index contributed by atoms with van der Waals surface area (Å²) < 4.78 is 25.1. The minimum absolute atomic E-state index is 0.0184. The van der Waals surface area contributed by atoms with E-state index in [1.165, 1.54) is 31.3 Å². The molecule has 8 aromatic carbocycles. The van der Waals surface area contributed by atoms with Gasteiger partial charge in [-0.3, -0.25) is 4.79 Å². The Morgan fingerprint density at radius 3 is 0.901 bits per heavy atom. The van der Waals surface area contributed by atoms with Gasteiger partial charge in [0.05, 0.1) is 0 Å². The molecule has 0 bridgehead atoms. The third-order valence-electron chi connectivity index (χ3n) is 15.1. The number of hydrogen-bond donors (Lipinski definition) is 1. The second-order valence-electron chi connectivity index (χ2n) is 21.8. The van der Waals surface area contributed by atoms with Crippen LogP contribution in [0.15, 0.2) is 240 Å². The first kappa shape index (κ1) is 67.6. The Balaban J connectivity index is 0.000000174. The number of thiophene rings is 4.